The predicted octanol–water partition coefficient (Wildman–Crippen LogP) is 2.47. The molecule has 6 nitrogen and oxygen atoms in total. The number of carbonyl (C=O) groups is 1. The minimum absolute atomic E-state index is 0.00580. The summed E-state index contributed by atoms with van der Waals surface area (Å²) in [7, 11) is -3.95. The Kier molecular flexibility index (Phi) is 3.98. The molecule has 1 aromatic carbocycles. The lowest BCUT2D eigenvalue weighted by Crippen LogP contribution is -2.13. The van der Waals surface area contributed by atoms with Crippen LogP contribution >= 0.6 is 0 Å². The van der Waals surface area contributed by atoms with Crippen LogP contribution in [-0.4, -0.2) is 23.7 Å². The molecule has 3 aromatic rings. The van der Waals surface area contributed by atoms with Gasteiger partial charge >= 0.3 is 0 Å². The number of aldehydes is 1. The molecule has 0 bridgehead atoms. The Bertz CT molecular complexity index is 1050. The van der Waals surface area contributed by atoms with E-state index in [4.69, 9.17) is 0 Å². The van der Waals surface area contributed by atoms with Crippen LogP contribution in [0.25, 0.3) is 11.3 Å². The summed E-state index contributed by atoms with van der Waals surface area (Å²) in [5.41, 5.74) is 1.19. The fourth-order valence-electron chi connectivity index (χ4n) is 2.34. The van der Waals surface area contributed by atoms with Crippen LogP contribution in [0.5, 0.6) is 0 Å². The molecule has 0 radical (unpaired) electrons. The van der Waals surface area contributed by atoms with Crippen LogP contribution in [0.3, 0.4) is 0 Å². The molecule has 0 fully saturated rings. The van der Waals surface area contributed by atoms with Gasteiger partial charge < -0.3 is 0 Å². The van der Waals surface area contributed by atoms with Gasteiger partial charge in [0, 0.05) is 29.7 Å². The molecule has 2 aromatic heterocycles. The average Bonchev–Trinajstić information content (AvgIpc) is 3.07. The summed E-state index contributed by atoms with van der Waals surface area (Å²) in [5.74, 6) is 0. The zero-order valence-corrected chi connectivity index (χ0v) is 13.1. The van der Waals surface area contributed by atoms with E-state index >= 15 is 0 Å². The Morgan fingerprint density at radius 2 is 1.96 bits per heavy atom. The average molecular weight is 337 g/mol. The Morgan fingerprint density at radius 1 is 1.17 bits per heavy atom. The van der Waals surface area contributed by atoms with Gasteiger partial charge in [-0.2, -0.15) is 5.26 Å². The molecule has 0 aliphatic carbocycles. The lowest BCUT2D eigenvalue weighted by molar-refractivity contribution is 0.112. The monoisotopic (exact) mass is 337 g/mol. The van der Waals surface area contributed by atoms with Crippen molar-refractivity contribution in [3.05, 3.63) is 72.2 Å². The van der Waals surface area contributed by atoms with Gasteiger partial charge in [0.25, 0.3) is 10.0 Å². The Balaban J connectivity index is 2.29. The predicted molar refractivity (Wildman–Crippen MR) is 86.8 cm³/mol. The fourth-order valence-corrected chi connectivity index (χ4v) is 3.68. The van der Waals surface area contributed by atoms with Gasteiger partial charge in [0.2, 0.25) is 0 Å². The largest absolute Gasteiger partial charge is 0.298 e. The maximum absolute atomic E-state index is 12.9. The first-order valence-corrected chi connectivity index (χ1v) is 8.34. The second-order valence-electron chi connectivity index (χ2n) is 4.92. The highest BCUT2D eigenvalue weighted by molar-refractivity contribution is 7.90. The first-order chi connectivity index (χ1) is 11.6. The molecule has 0 unspecified atom stereocenters. The first-order valence-electron chi connectivity index (χ1n) is 6.90. The number of nitrogens with zero attached hydrogens (tertiary/aromatic N) is 3. The number of carbonyl (C=O) groups excluding carboxylic acids is 1. The lowest BCUT2D eigenvalue weighted by Gasteiger charge is -2.11. The second-order valence-corrected chi connectivity index (χ2v) is 6.74. The molecular weight excluding hydrogens is 326 g/mol. The fraction of sp³-hybridized carbons (Fsp3) is 0. The summed E-state index contributed by atoms with van der Waals surface area (Å²) in [4.78, 5) is 15.0. The number of aromatic nitrogens is 2. The molecule has 118 valence electrons. The van der Waals surface area contributed by atoms with E-state index in [0.717, 1.165) is 3.97 Å². The molecule has 0 amide bonds. The van der Waals surface area contributed by atoms with E-state index < -0.39 is 10.0 Å². The van der Waals surface area contributed by atoms with Crippen molar-refractivity contribution in [3.63, 3.8) is 0 Å². The molecular formula is C17H11N3O3S. The molecule has 0 spiro atoms. The molecule has 0 aliphatic rings. The van der Waals surface area contributed by atoms with Crippen molar-refractivity contribution in [2.45, 2.75) is 4.90 Å². The van der Waals surface area contributed by atoms with E-state index in [9.17, 15) is 18.5 Å². The van der Waals surface area contributed by atoms with E-state index in [2.05, 4.69) is 4.98 Å². The molecule has 0 atom stereocenters. The lowest BCUT2D eigenvalue weighted by atomic mass is 10.1. The third kappa shape index (κ3) is 2.59. The number of nitriles is 1. The van der Waals surface area contributed by atoms with Crippen molar-refractivity contribution in [1.82, 2.24) is 8.96 Å². The molecule has 24 heavy (non-hydrogen) atoms. The highest BCUT2D eigenvalue weighted by Gasteiger charge is 2.23. The highest BCUT2D eigenvalue weighted by atomic mass is 32.2. The quantitative estimate of drug-likeness (QED) is 0.682. The third-order valence-electron chi connectivity index (χ3n) is 3.46. The third-order valence-corrected chi connectivity index (χ3v) is 5.12. The van der Waals surface area contributed by atoms with Crippen LogP contribution in [0, 0.1) is 11.3 Å². The zero-order chi connectivity index (χ0) is 17.2. The van der Waals surface area contributed by atoms with Crippen LogP contribution in [0.15, 0.2) is 66.0 Å². The topological polar surface area (TPSA) is 92.8 Å². The number of hydrogen-bond donors (Lipinski definition) is 0. The van der Waals surface area contributed by atoms with Gasteiger partial charge in [-0.15, -0.1) is 0 Å². The van der Waals surface area contributed by atoms with Gasteiger partial charge in [-0.3, -0.25) is 9.78 Å². The normalized spacial score (nSPS) is 11.0. The minimum Gasteiger partial charge on any atom is -0.298 e. The summed E-state index contributed by atoms with van der Waals surface area (Å²) in [6.07, 6.45) is 4.50. The van der Waals surface area contributed by atoms with Gasteiger partial charge in [-0.25, -0.2) is 12.4 Å². The Morgan fingerprint density at radius 3 is 2.62 bits per heavy atom. The van der Waals surface area contributed by atoms with Crippen molar-refractivity contribution in [2.75, 3.05) is 0 Å². The SMILES string of the molecule is N#Cc1ccccc1-c1cc(C=O)cn1S(=O)(=O)c1cccnc1. The van der Waals surface area contributed by atoms with Crippen LogP contribution in [0.2, 0.25) is 0 Å². The summed E-state index contributed by atoms with van der Waals surface area (Å²) in [6, 6.07) is 13.0. The molecule has 7 heteroatoms. The number of hydrogen-bond acceptors (Lipinski definition) is 5. The van der Waals surface area contributed by atoms with Crippen LogP contribution in [0.1, 0.15) is 15.9 Å². The van der Waals surface area contributed by atoms with Gasteiger partial charge in [0.05, 0.1) is 17.3 Å². The van der Waals surface area contributed by atoms with Gasteiger partial charge in [0.15, 0.2) is 6.29 Å². The summed E-state index contributed by atoms with van der Waals surface area (Å²) >= 11 is 0. The van der Waals surface area contributed by atoms with E-state index in [1.165, 1.54) is 36.8 Å². The number of benzene rings is 1. The van der Waals surface area contributed by atoms with Crippen LogP contribution in [0.4, 0.5) is 0 Å². The van der Waals surface area contributed by atoms with Gasteiger partial charge in [-0.1, -0.05) is 18.2 Å². The standard InChI is InChI=1S/C17H11N3O3S/c18-9-14-4-1-2-6-16(14)17-8-13(12-21)11-20(17)24(22,23)15-5-3-7-19-10-15/h1-8,10-12H. The second kappa shape index (κ2) is 6.10. The molecule has 3 rings (SSSR count). The van der Waals surface area contributed by atoms with Crippen molar-refractivity contribution in [2.24, 2.45) is 0 Å². The number of rotatable bonds is 4. The van der Waals surface area contributed by atoms with E-state index in [1.807, 2.05) is 6.07 Å². The summed E-state index contributed by atoms with van der Waals surface area (Å²) in [6.45, 7) is 0. The summed E-state index contributed by atoms with van der Waals surface area (Å²) < 4.78 is 26.8. The van der Waals surface area contributed by atoms with Crippen molar-refractivity contribution < 1.29 is 13.2 Å². The maximum atomic E-state index is 12.9. The zero-order valence-electron chi connectivity index (χ0n) is 12.3. The Labute approximate surface area is 138 Å². The Hall–Kier alpha value is -3.24. The van der Waals surface area contributed by atoms with Crippen LogP contribution < -0.4 is 0 Å². The highest BCUT2D eigenvalue weighted by Crippen LogP contribution is 2.28. The smallest absolute Gasteiger partial charge is 0.269 e. The van der Waals surface area contributed by atoms with Gasteiger partial charge in [-0.05, 0) is 24.3 Å². The van der Waals surface area contributed by atoms with Crippen molar-refractivity contribution in [3.8, 4) is 17.3 Å². The van der Waals surface area contributed by atoms with Crippen molar-refractivity contribution in [1.29, 1.82) is 5.26 Å². The molecule has 2 heterocycles. The van der Waals surface area contributed by atoms with Gasteiger partial charge in [0.1, 0.15) is 4.90 Å². The molecule has 0 N–H and O–H groups in total. The van der Waals surface area contributed by atoms with Crippen molar-refractivity contribution >= 4 is 16.3 Å². The molecule has 0 saturated carbocycles. The minimum atomic E-state index is -3.95. The first kappa shape index (κ1) is 15.6. The summed E-state index contributed by atoms with van der Waals surface area (Å²) in [5, 5.41) is 9.27. The van der Waals surface area contributed by atoms with Crippen LogP contribution in [-0.2, 0) is 10.0 Å². The molecule has 0 saturated heterocycles. The van der Waals surface area contributed by atoms with E-state index in [-0.39, 0.29) is 16.2 Å². The van der Waals surface area contributed by atoms with E-state index in [1.54, 1.807) is 24.3 Å². The molecule has 0 aliphatic heterocycles. The maximum Gasteiger partial charge on any atom is 0.269 e. The number of pyridine rings is 1. The van der Waals surface area contributed by atoms with E-state index in [0.29, 0.717) is 17.4 Å².